The molecule has 8 heteroatoms. The van der Waals surface area contributed by atoms with Crippen LogP contribution < -0.4 is 0 Å². The molecular formula is C9H21ClO6Si. The zero-order valence-electron chi connectivity index (χ0n) is 11.1. The molecule has 0 aromatic heterocycles. The fraction of sp³-hybridized carbons (Fsp3) is 1.00. The average Bonchev–Trinajstić information content (AvgIpc) is 2.27. The average molecular weight is 289 g/mol. The van der Waals surface area contributed by atoms with Crippen molar-refractivity contribution in [3.05, 3.63) is 0 Å². The molecule has 0 radical (unpaired) electrons. The zero-order valence-corrected chi connectivity index (χ0v) is 12.8. The van der Waals surface area contributed by atoms with Gasteiger partial charge < -0.3 is 27.5 Å². The van der Waals surface area contributed by atoms with Gasteiger partial charge in [0, 0.05) is 21.3 Å². The van der Waals surface area contributed by atoms with E-state index in [9.17, 15) is 0 Å². The Morgan fingerprint density at radius 3 is 1.12 bits per heavy atom. The smallest absolute Gasteiger partial charge is 0.357 e. The number of halogens is 1. The van der Waals surface area contributed by atoms with Crippen molar-refractivity contribution in [1.29, 1.82) is 0 Å². The summed E-state index contributed by atoms with van der Waals surface area (Å²) in [4.78, 5) is 0. The number of hydrogen-bond acceptors (Lipinski definition) is 6. The number of rotatable bonds is 9. The van der Waals surface area contributed by atoms with Crippen LogP contribution in [0.4, 0.5) is 0 Å². The topological polar surface area (TPSA) is 55.4 Å². The van der Waals surface area contributed by atoms with Gasteiger partial charge in [-0.1, -0.05) is 11.1 Å². The van der Waals surface area contributed by atoms with Gasteiger partial charge in [0.15, 0.2) is 0 Å². The highest BCUT2D eigenvalue weighted by atomic mass is 35.6. The molecular weight excluding hydrogens is 268 g/mol. The quantitative estimate of drug-likeness (QED) is 0.366. The maximum atomic E-state index is 6.19. The predicted octanol–water partition coefficient (Wildman–Crippen LogP) is 1.69. The molecule has 0 rings (SSSR count). The second-order valence-electron chi connectivity index (χ2n) is 3.25. The Morgan fingerprint density at radius 1 is 0.706 bits per heavy atom. The van der Waals surface area contributed by atoms with Crippen molar-refractivity contribution < 1.29 is 27.5 Å². The van der Waals surface area contributed by atoms with Crippen molar-refractivity contribution in [1.82, 2.24) is 0 Å². The van der Waals surface area contributed by atoms with Crippen LogP contribution in [0.1, 0.15) is 20.8 Å². The molecule has 3 unspecified atom stereocenters. The Hall–Kier alpha value is 0.267. The highest BCUT2D eigenvalue weighted by Gasteiger charge is 2.45. The molecule has 0 N–H and O–H groups in total. The molecule has 104 valence electrons. The van der Waals surface area contributed by atoms with E-state index in [1.807, 2.05) is 0 Å². The van der Waals surface area contributed by atoms with E-state index in [0.717, 1.165) is 0 Å². The molecule has 0 saturated heterocycles. The summed E-state index contributed by atoms with van der Waals surface area (Å²) in [6.07, 6.45) is -1.65. The van der Waals surface area contributed by atoms with E-state index in [0.29, 0.717) is 0 Å². The molecule has 0 heterocycles. The third kappa shape index (κ3) is 7.32. The first-order chi connectivity index (χ1) is 7.86. The molecule has 17 heavy (non-hydrogen) atoms. The van der Waals surface area contributed by atoms with Gasteiger partial charge in [-0.05, 0) is 20.8 Å². The molecule has 0 spiro atoms. The van der Waals surface area contributed by atoms with Gasteiger partial charge in [0.2, 0.25) is 0 Å². The molecule has 0 saturated carbocycles. The monoisotopic (exact) mass is 288 g/mol. The predicted molar refractivity (Wildman–Crippen MR) is 64.3 cm³/mol. The van der Waals surface area contributed by atoms with Gasteiger partial charge >= 0.3 is 8.11 Å². The van der Waals surface area contributed by atoms with E-state index < -0.39 is 27.0 Å². The van der Waals surface area contributed by atoms with Crippen molar-refractivity contribution >= 4 is 19.2 Å². The first kappa shape index (κ1) is 17.3. The van der Waals surface area contributed by atoms with Crippen LogP contribution in [0.25, 0.3) is 0 Å². The van der Waals surface area contributed by atoms with Crippen molar-refractivity contribution in [2.24, 2.45) is 0 Å². The highest BCUT2D eigenvalue weighted by Crippen LogP contribution is 2.22. The first-order valence-corrected chi connectivity index (χ1v) is 7.91. The SMILES string of the molecule is COC(C)O[Si](Cl)(OC(C)OC)OC(C)OC. The largest absolute Gasteiger partial charge is 0.619 e. The maximum Gasteiger partial charge on any atom is 0.619 e. The second-order valence-corrected chi connectivity index (χ2v) is 6.30. The van der Waals surface area contributed by atoms with Crippen molar-refractivity contribution in [3.8, 4) is 0 Å². The van der Waals surface area contributed by atoms with Crippen LogP contribution in [0.2, 0.25) is 0 Å². The van der Waals surface area contributed by atoms with Crippen LogP contribution in [0.15, 0.2) is 0 Å². The fourth-order valence-corrected chi connectivity index (χ4v) is 3.60. The van der Waals surface area contributed by atoms with Crippen LogP contribution in [-0.4, -0.2) is 48.3 Å². The summed E-state index contributed by atoms with van der Waals surface area (Å²) < 4.78 is 31.1. The molecule has 0 amide bonds. The highest BCUT2D eigenvalue weighted by molar-refractivity contribution is 7.09. The lowest BCUT2D eigenvalue weighted by molar-refractivity contribution is -0.153. The van der Waals surface area contributed by atoms with Crippen molar-refractivity contribution in [3.63, 3.8) is 0 Å². The molecule has 3 atom stereocenters. The third-order valence-electron chi connectivity index (χ3n) is 1.92. The second kappa shape index (κ2) is 8.38. The minimum Gasteiger partial charge on any atom is -0.357 e. The minimum atomic E-state index is -3.40. The van der Waals surface area contributed by atoms with Gasteiger partial charge in [-0.2, -0.15) is 0 Å². The van der Waals surface area contributed by atoms with Crippen LogP contribution in [0.5, 0.6) is 0 Å². The number of hydrogen-bond donors (Lipinski definition) is 0. The van der Waals surface area contributed by atoms with E-state index in [4.69, 9.17) is 38.6 Å². The fourth-order valence-electron chi connectivity index (χ4n) is 0.822. The Kier molecular flexibility index (Phi) is 8.51. The molecule has 6 nitrogen and oxygen atoms in total. The van der Waals surface area contributed by atoms with Crippen LogP contribution in [0.3, 0.4) is 0 Å². The lowest BCUT2D eigenvalue weighted by atomic mass is 10.8. The normalized spacial score (nSPS) is 20.6. The van der Waals surface area contributed by atoms with Gasteiger partial charge in [0.1, 0.15) is 18.9 Å². The van der Waals surface area contributed by atoms with E-state index in [1.54, 1.807) is 20.8 Å². The lowest BCUT2D eigenvalue weighted by Gasteiger charge is -2.29. The van der Waals surface area contributed by atoms with Gasteiger partial charge in [-0.25, -0.2) is 0 Å². The number of ether oxygens (including phenoxy) is 3. The molecule has 0 aliphatic heterocycles. The summed E-state index contributed by atoms with van der Waals surface area (Å²) in [5, 5.41) is 0. The van der Waals surface area contributed by atoms with E-state index in [-0.39, 0.29) is 0 Å². The zero-order chi connectivity index (χ0) is 13.5. The van der Waals surface area contributed by atoms with Crippen LogP contribution in [0, 0.1) is 0 Å². The van der Waals surface area contributed by atoms with Gasteiger partial charge in [-0.15, -0.1) is 0 Å². The summed E-state index contributed by atoms with van der Waals surface area (Å²) in [5.74, 6) is 0. The van der Waals surface area contributed by atoms with Crippen LogP contribution in [-0.2, 0) is 27.5 Å². The molecule has 0 aromatic rings. The minimum absolute atomic E-state index is 0.549. The molecule has 0 aliphatic carbocycles. The summed E-state index contributed by atoms with van der Waals surface area (Å²) in [6.45, 7) is 5.06. The summed E-state index contributed by atoms with van der Waals surface area (Å²) in [5.41, 5.74) is 0. The first-order valence-electron chi connectivity index (χ1n) is 5.17. The molecule has 0 aromatic carbocycles. The Bertz CT molecular complexity index is 177. The van der Waals surface area contributed by atoms with E-state index in [2.05, 4.69) is 0 Å². The lowest BCUT2D eigenvalue weighted by Crippen LogP contribution is -2.48. The number of methoxy groups -OCH3 is 3. The van der Waals surface area contributed by atoms with Gasteiger partial charge in [-0.3, -0.25) is 0 Å². The standard InChI is InChI=1S/C9H21ClO6Si/c1-7(11-4)14-17(10,15-8(2)12-5)16-9(3)13-6/h7-9H,1-6H3. The Morgan fingerprint density at radius 2 is 0.941 bits per heavy atom. The maximum absolute atomic E-state index is 6.19. The summed E-state index contributed by atoms with van der Waals surface area (Å²) >= 11 is 6.19. The summed E-state index contributed by atoms with van der Waals surface area (Å²) in [7, 11) is 1.08. The van der Waals surface area contributed by atoms with Crippen molar-refractivity contribution in [2.45, 2.75) is 39.6 Å². The Labute approximate surface area is 108 Å². The van der Waals surface area contributed by atoms with Crippen molar-refractivity contribution in [2.75, 3.05) is 21.3 Å². The molecule has 0 fully saturated rings. The molecule has 0 aliphatic rings. The Balaban J connectivity index is 4.55. The van der Waals surface area contributed by atoms with Gasteiger partial charge in [0.05, 0.1) is 0 Å². The molecule has 0 bridgehead atoms. The third-order valence-corrected chi connectivity index (χ3v) is 4.56. The van der Waals surface area contributed by atoms with E-state index in [1.165, 1.54) is 21.3 Å². The summed E-state index contributed by atoms with van der Waals surface area (Å²) in [6, 6.07) is 0. The van der Waals surface area contributed by atoms with Gasteiger partial charge in [0.25, 0.3) is 0 Å². The van der Waals surface area contributed by atoms with Crippen LogP contribution >= 0.6 is 11.1 Å². The van der Waals surface area contributed by atoms with E-state index >= 15 is 0 Å².